The first-order valence-corrected chi connectivity index (χ1v) is 11.4. The van der Waals surface area contributed by atoms with Gasteiger partial charge in [0.25, 0.3) is 0 Å². The zero-order valence-corrected chi connectivity index (χ0v) is 18.5. The summed E-state index contributed by atoms with van der Waals surface area (Å²) in [6.45, 7) is 3.97. The van der Waals surface area contributed by atoms with Crippen LogP contribution in [-0.4, -0.2) is 42.1 Å². The largest absolute Gasteiger partial charge is 0.497 e. The number of nitrogens with zero attached hydrogens (tertiary/aromatic N) is 3. The zero-order chi connectivity index (χ0) is 21.6. The number of nitrogens with one attached hydrogen (secondary N) is 2. The predicted octanol–water partition coefficient (Wildman–Crippen LogP) is 3.93. The van der Waals surface area contributed by atoms with Gasteiger partial charge in [-0.15, -0.1) is 0 Å². The van der Waals surface area contributed by atoms with Gasteiger partial charge >= 0.3 is 0 Å². The molecule has 0 unspecified atom stereocenters. The number of hydrogen-bond donors (Lipinski definition) is 2. The monoisotopic (exact) mass is 423 g/mol. The van der Waals surface area contributed by atoms with Gasteiger partial charge in [-0.3, -0.25) is 4.79 Å². The van der Waals surface area contributed by atoms with Gasteiger partial charge in [-0.25, -0.2) is 9.97 Å². The number of hydrogen-bond acceptors (Lipinski definition) is 6. The third-order valence-corrected chi connectivity index (χ3v) is 6.20. The van der Waals surface area contributed by atoms with Crippen molar-refractivity contribution in [2.75, 3.05) is 30.4 Å². The van der Waals surface area contributed by atoms with Gasteiger partial charge in [0, 0.05) is 31.6 Å². The number of piperidine rings is 1. The minimum absolute atomic E-state index is 0.0142. The van der Waals surface area contributed by atoms with E-state index in [4.69, 9.17) is 4.74 Å². The standard InChI is InChI=1S/C24H33N5O2/c1-17(19-6-10-21(31-2)11-7-19)27-24(30)12-5-18-4-3-13-29(15-18)23-14-22(25-16-26-23)28-20-8-9-20/h6-7,10-11,14,16-18,20H,3-5,8-9,12-13,15H2,1-2H3,(H,27,30)(H,25,26,28)/t17-,18-/m1/s1. The maximum Gasteiger partial charge on any atom is 0.220 e. The Morgan fingerprint density at radius 1 is 1.23 bits per heavy atom. The maximum absolute atomic E-state index is 12.5. The molecule has 2 atom stereocenters. The second-order valence-corrected chi connectivity index (χ2v) is 8.74. The third-order valence-electron chi connectivity index (χ3n) is 6.20. The molecular formula is C24H33N5O2. The Morgan fingerprint density at radius 2 is 2.03 bits per heavy atom. The van der Waals surface area contributed by atoms with Crippen LogP contribution in [0.15, 0.2) is 36.7 Å². The SMILES string of the molecule is COc1ccc([C@@H](C)NC(=O)CC[C@H]2CCCN(c3cc(NC4CC4)ncn3)C2)cc1. The van der Waals surface area contributed by atoms with Crippen LogP contribution in [0.4, 0.5) is 11.6 Å². The molecule has 4 rings (SSSR count). The summed E-state index contributed by atoms with van der Waals surface area (Å²) < 4.78 is 5.20. The van der Waals surface area contributed by atoms with Crippen LogP contribution in [0.2, 0.25) is 0 Å². The second-order valence-electron chi connectivity index (χ2n) is 8.74. The molecule has 1 aromatic heterocycles. The zero-order valence-electron chi connectivity index (χ0n) is 18.5. The number of carbonyl (C=O) groups is 1. The highest BCUT2D eigenvalue weighted by atomic mass is 16.5. The van der Waals surface area contributed by atoms with Crippen molar-refractivity contribution in [1.82, 2.24) is 15.3 Å². The number of rotatable bonds is 9. The van der Waals surface area contributed by atoms with Gasteiger partial charge in [0.1, 0.15) is 23.7 Å². The van der Waals surface area contributed by atoms with Crippen molar-refractivity contribution in [1.29, 1.82) is 0 Å². The van der Waals surface area contributed by atoms with Crippen molar-refractivity contribution in [2.24, 2.45) is 5.92 Å². The molecule has 2 aliphatic rings. The molecule has 166 valence electrons. The van der Waals surface area contributed by atoms with E-state index in [9.17, 15) is 4.79 Å². The molecule has 2 fully saturated rings. The summed E-state index contributed by atoms with van der Waals surface area (Å²) in [5.41, 5.74) is 1.08. The molecule has 1 amide bonds. The minimum Gasteiger partial charge on any atom is -0.497 e. The molecule has 1 saturated heterocycles. The lowest BCUT2D eigenvalue weighted by Crippen LogP contribution is -2.36. The van der Waals surface area contributed by atoms with Crippen molar-refractivity contribution >= 4 is 17.5 Å². The van der Waals surface area contributed by atoms with E-state index in [1.807, 2.05) is 31.2 Å². The van der Waals surface area contributed by atoms with Gasteiger partial charge in [-0.2, -0.15) is 0 Å². The van der Waals surface area contributed by atoms with Crippen LogP contribution >= 0.6 is 0 Å². The van der Waals surface area contributed by atoms with Crippen LogP contribution in [0, 0.1) is 5.92 Å². The number of anilines is 2. The molecule has 2 aromatic rings. The van der Waals surface area contributed by atoms with E-state index in [-0.39, 0.29) is 11.9 Å². The second kappa shape index (κ2) is 9.98. The summed E-state index contributed by atoms with van der Waals surface area (Å²) >= 11 is 0. The molecule has 7 heteroatoms. The normalized spacial score (nSPS) is 19.5. The Hall–Kier alpha value is -2.83. The molecule has 1 aliphatic heterocycles. The van der Waals surface area contributed by atoms with Crippen molar-refractivity contribution < 1.29 is 9.53 Å². The molecule has 1 aromatic carbocycles. The van der Waals surface area contributed by atoms with Crippen molar-refractivity contribution in [3.63, 3.8) is 0 Å². The minimum atomic E-state index is -0.0142. The molecule has 7 nitrogen and oxygen atoms in total. The lowest BCUT2D eigenvalue weighted by Gasteiger charge is -2.33. The molecule has 1 aliphatic carbocycles. The number of amides is 1. The van der Waals surface area contributed by atoms with Gasteiger partial charge < -0.3 is 20.3 Å². The summed E-state index contributed by atoms with van der Waals surface area (Å²) in [6, 6.07) is 10.5. The van der Waals surface area contributed by atoms with Crippen LogP contribution in [0.5, 0.6) is 5.75 Å². The lowest BCUT2D eigenvalue weighted by molar-refractivity contribution is -0.122. The highest BCUT2D eigenvalue weighted by molar-refractivity contribution is 5.76. The molecule has 31 heavy (non-hydrogen) atoms. The van der Waals surface area contributed by atoms with E-state index in [2.05, 4.69) is 31.6 Å². The van der Waals surface area contributed by atoms with E-state index in [0.29, 0.717) is 18.4 Å². The van der Waals surface area contributed by atoms with Crippen molar-refractivity contribution in [3.05, 3.63) is 42.2 Å². The first-order valence-electron chi connectivity index (χ1n) is 11.4. The van der Waals surface area contributed by atoms with Gasteiger partial charge in [-0.05, 0) is 62.6 Å². The Kier molecular flexibility index (Phi) is 6.89. The van der Waals surface area contributed by atoms with Gasteiger partial charge in [0.2, 0.25) is 5.91 Å². The van der Waals surface area contributed by atoms with Gasteiger partial charge in [0.05, 0.1) is 13.2 Å². The molecule has 0 radical (unpaired) electrons. The van der Waals surface area contributed by atoms with E-state index >= 15 is 0 Å². The third kappa shape index (κ3) is 6.09. The van der Waals surface area contributed by atoms with E-state index in [0.717, 1.165) is 55.3 Å². The van der Waals surface area contributed by atoms with Crippen LogP contribution in [-0.2, 0) is 4.79 Å². The summed E-state index contributed by atoms with van der Waals surface area (Å²) in [6.07, 6.45) is 7.85. The number of benzene rings is 1. The molecular weight excluding hydrogens is 390 g/mol. The molecule has 0 spiro atoms. The number of methoxy groups -OCH3 is 1. The average Bonchev–Trinajstić information content (AvgIpc) is 3.62. The van der Waals surface area contributed by atoms with Gasteiger partial charge in [0.15, 0.2) is 0 Å². The predicted molar refractivity (Wildman–Crippen MR) is 122 cm³/mol. The molecule has 2 N–H and O–H groups in total. The van der Waals surface area contributed by atoms with Crippen molar-refractivity contribution in [2.45, 2.75) is 57.5 Å². The highest BCUT2D eigenvalue weighted by Gasteiger charge is 2.24. The van der Waals surface area contributed by atoms with Crippen molar-refractivity contribution in [3.8, 4) is 5.75 Å². The number of aromatic nitrogens is 2. The van der Waals surface area contributed by atoms with E-state index in [1.165, 1.54) is 12.8 Å². The summed E-state index contributed by atoms with van der Waals surface area (Å²) in [7, 11) is 1.65. The first-order chi connectivity index (χ1) is 15.1. The Balaban J connectivity index is 1.25. The fraction of sp³-hybridized carbons (Fsp3) is 0.542. The topological polar surface area (TPSA) is 79.4 Å². The Labute approximate surface area is 184 Å². The molecule has 2 heterocycles. The van der Waals surface area contributed by atoms with Crippen LogP contribution in [0.25, 0.3) is 0 Å². The Morgan fingerprint density at radius 3 is 2.77 bits per heavy atom. The summed E-state index contributed by atoms with van der Waals surface area (Å²) in [4.78, 5) is 23.7. The number of carbonyl (C=O) groups excluding carboxylic acids is 1. The van der Waals surface area contributed by atoms with Crippen LogP contribution in [0.3, 0.4) is 0 Å². The van der Waals surface area contributed by atoms with E-state index in [1.54, 1.807) is 13.4 Å². The first kappa shape index (κ1) is 21.4. The van der Waals surface area contributed by atoms with Gasteiger partial charge in [-0.1, -0.05) is 12.1 Å². The quantitative estimate of drug-likeness (QED) is 0.636. The molecule has 0 bridgehead atoms. The van der Waals surface area contributed by atoms with E-state index < -0.39 is 0 Å². The molecule has 1 saturated carbocycles. The summed E-state index contributed by atoms with van der Waals surface area (Å²) in [5.74, 6) is 3.34. The lowest BCUT2D eigenvalue weighted by atomic mass is 9.93. The summed E-state index contributed by atoms with van der Waals surface area (Å²) in [5, 5.41) is 6.57. The smallest absolute Gasteiger partial charge is 0.220 e. The highest BCUT2D eigenvalue weighted by Crippen LogP contribution is 2.28. The number of ether oxygens (including phenoxy) is 1. The average molecular weight is 424 g/mol. The van der Waals surface area contributed by atoms with Crippen LogP contribution in [0.1, 0.15) is 57.1 Å². The fourth-order valence-corrected chi connectivity index (χ4v) is 4.17. The Bertz CT molecular complexity index is 869. The maximum atomic E-state index is 12.5. The fourth-order valence-electron chi connectivity index (χ4n) is 4.17. The van der Waals surface area contributed by atoms with Crippen LogP contribution < -0.4 is 20.3 Å².